The molecule has 2 rings (SSSR count). The Morgan fingerprint density at radius 3 is 2.67 bits per heavy atom. The van der Waals surface area contributed by atoms with Crippen LogP contribution in [0.1, 0.15) is 21.9 Å². The van der Waals surface area contributed by atoms with Crippen LogP contribution in [-0.4, -0.2) is 13.1 Å². The van der Waals surface area contributed by atoms with E-state index in [4.69, 9.17) is 4.42 Å². The first-order valence-electron chi connectivity index (χ1n) is 5.98. The van der Waals surface area contributed by atoms with E-state index in [-0.39, 0.29) is 17.8 Å². The third-order valence-corrected chi connectivity index (χ3v) is 2.82. The zero-order valence-electron chi connectivity index (χ0n) is 11.3. The van der Waals surface area contributed by atoms with Crippen molar-refractivity contribution in [3.05, 3.63) is 52.7 Å². The Labute approximate surface area is 118 Å². The molecule has 0 unspecified atom stereocenters. The molecule has 1 aromatic heterocycles. The molecule has 0 aliphatic carbocycles. The van der Waals surface area contributed by atoms with Gasteiger partial charge in [0, 0.05) is 12.1 Å². The predicted molar refractivity (Wildman–Crippen MR) is 68.4 cm³/mol. The molecule has 7 heteroatoms. The quantitative estimate of drug-likeness (QED) is 0.694. The van der Waals surface area contributed by atoms with Crippen LogP contribution in [0.2, 0.25) is 0 Å². The number of benzene rings is 1. The van der Waals surface area contributed by atoms with Gasteiger partial charge in [0.15, 0.2) is 11.6 Å². The van der Waals surface area contributed by atoms with Gasteiger partial charge < -0.3 is 14.5 Å². The summed E-state index contributed by atoms with van der Waals surface area (Å²) in [6.45, 7) is 1.52. The second kappa shape index (κ2) is 5.90. The van der Waals surface area contributed by atoms with Crippen LogP contribution in [0.5, 0.6) is 0 Å². The Kier molecular flexibility index (Phi) is 4.21. The van der Waals surface area contributed by atoms with Crippen LogP contribution in [0.25, 0.3) is 0 Å². The molecule has 0 aliphatic heterocycles. The molecule has 0 saturated carbocycles. The van der Waals surface area contributed by atoms with E-state index in [0.717, 1.165) is 6.07 Å². The molecule has 1 N–H and O–H groups in total. The molecule has 21 heavy (non-hydrogen) atoms. The number of anilines is 1. The number of nitrogens with one attached hydrogen (secondary N) is 1. The van der Waals surface area contributed by atoms with Crippen LogP contribution in [0, 0.1) is 24.4 Å². The van der Waals surface area contributed by atoms with Crippen LogP contribution in [-0.2, 0) is 11.3 Å². The van der Waals surface area contributed by atoms with Gasteiger partial charge in [-0.05, 0) is 13.0 Å². The van der Waals surface area contributed by atoms with Crippen molar-refractivity contribution in [3.8, 4) is 0 Å². The summed E-state index contributed by atoms with van der Waals surface area (Å²) in [7, 11) is 1.23. The van der Waals surface area contributed by atoms with E-state index in [0.29, 0.717) is 17.6 Å². The van der Waals surface area contributed by atoms with Crippen molar-refractivity contribution >= 4 is 11.7 Å². The SMILES string of the molecule is COC(=O)c1cc(CNc2cc(F)cc(F)c2F)oc1C. The molecular weight excluding hydrogens is 287 g/mol. The molecule has 0 amide bonds. The summed E-state index contributed by atoms with van der Waals surface area (Å²) < 4.78 is 49.4. The maximum atomic E-state index is 13.4. The molecule has 2 aromatic rings. The van der Waals surface area contributed by atoms with E-state index in [1.165, 1.54) is 13.2 Å². The first kappa shape index (κ1) is 15.0. The number of ether oxygens (including phenoxy) is 1. The number of carbonyl (C=O) groups is 1. The molecule has 4 nitrogen and oxygen atoms in total. The van der Waals surface area contributed by atoms with Crippen molar-refractivity contribution in [2.24, 2.45) is 0 Å². The van der Waals surface area contributed by atoms with Gasteiger partial charge in [0.05, 0.1) is 19.3 Å². The number of aryl methyl sites for hydroxylation is 1. The highest BCUT2D eigenvalue weighted by Gasteiger charge is 2.16. The lowest BCUT2D eigenvalue weighted by molar-refractivity contribution is 0.0599. The molecule has 0 fully saturated rings. The zero-order chi connectivity index (χ0) is 15.6. The number of carbonyl (C=O) groups excluding carboxylic acids is 1. The number of halogens is 3. The highest BCUT2D eigenvalue weighted by Crippen LogP contribution is 2.21. The molecule has 0 bridgehead atoms. The number of furan rings is 1. The third kappa shape index (κ3) is 3.18. The Bertz CT molecular complexity index is 682. The van der Waals surface area contributed by atoms with Crippen LogP contribution in [0.4, 0.5) is 18.9 Å². The summed E-state index contributed by atoms with van der Waals surface area (Å²) in [5.41, 5.74) is -0.0960. The van der Waals surface area contributed by atoms with E-state index >= 15 is 0 Å². The Balaban J connectivity index is 2.16. The fraction of sp³-hybridized carbons (Fsp3) is 0.214. The molecule has 1 heterocycles. The number of hydrogen-bond donors (Lipinski definition) is 1. The highest BCUT2D eigenvalue weighted by molar-refractivity contribution is 5.90. The second-order valence-corrected chi connectivity index (χ2v) is 4.28. The lowest BCUT2D eigenvalue weighted by Gasteiger charge is -2.06. The number of rotatable bonds is 4. The third-order valence-electron chi connectivity index (χ3n) is 2.82. The van der Waals surface area contributed by atoms with Gasteiger partial charge in [-0.3, -0.25) is 0 Å². The molecule has 112 valence electrons. The van der Waals surface area contributed by atoms with Crippen LogP contribution in [0.3, 0.4) is 0 Å². The number of methoxy groups -OCH3 is 1. The van der Waals surface area contributed by atoms with Gasteiger partial charge in [-0.1, -0.05) is 0 Å². The maximum absolute atomic E-state index is 13.4. The van der Waals surface area contributed by atoms with Crippen LogP contribution < -0.4 is 5.32 Å². The van der Waals surface area contributed by atoms with Crippen LogP contribution >= 0.6 is 0 Å². The lowest BCUT2D eigenvalue weighted by Crippen LogP contribution is -2.03. The Morgan fingerprint density at radius 2 is 2.00 bits per heavy atom. The molecule has 0 saturated heterocycles. The fourth-order valence-electron chi connectivity index (χ4n) is 1.81. The van der Waals surface area contributed by atoms with Gasteiger partial charge in [0.2, 0.25) is 0 Å². The number of hydrogen-bond acceptors (Lipinski definition) is 4. The smallest absolute Gasteiger partial charge is 0.341 e. The molecule has 0 radical (unpaired) electrons. The molecule has 0 aliphatic rings. The minimum absolute atomic E-state index is 0.0440. The molecule has 0 spiro atoms. The van der Waals surface area contributed by atoms with Gasteiger partial charge in [-0.2, -0.15) is 0 Å². The van der Waals surface area contributed by atoms with Crippen LogP contribution in [0.15, 0.2) is 22.6 Å². The molecular formula is C14H12F3NO3. The van der Waals surface area contributed by atoms with E-state index in [9.17, 15) is 18.0 Å². The summed E-state index contributed by atoms with van der Waals surface area (Å²) >= 11 is 0. The first-order chi connectivity index (χ1) is 9.92. The minimum atomic E-state index is -1.29. The fourth-order valence-corrected chi connectivity index (χ4v) is 1.81. The maximum Gasteiger partial charge on any atom is 0.341 e. The predicted octanol–water partition coefficient (Wildman–Crippen LogP) is 3.40. The van der Waals surface area contributed by atoms with Crippen molar-refractivity contribution in [3.63, 3.8) is 0 Å². The van der Waals surface area contributed by atoms with E-state index in [1.807, 2.05) is 0 Å². The summed E-state index contributed by atoms with van der Waals surface area (Å²) in [6.07, 6.45) is 0. The lowest BCUT2D eigenvalue weighted by atomic mass is 10.2. The summed E-state index contributed by atoms with van der Waals surface area (Å²) in [4.78, 5) is 11.4. The topological polar surface area (TPSA) is 51.5 Å². The summed E-state index contributed by atoms with van der Waals surface area (Å²) in [5, 5.41) is 2.51. The summed E-state index contributed by atoms with van der Waals surface area (Å²) in [6, 6.07) is 2.70. The van der Waals surface area contributed by atoms with Crippen molar-refractivity contribution in [2.75, 3.05) is 12.4 Å². The molecule has 0 atom stereocenters. The number of esters is 1. The highest BCUT2D eigenvalue weighted by atomic mass is 19.2. The van der Waals surface area contributed by atoms with Gasteiger partial charge in [-0.15, -0.1) is 0 Å². The van der Waals surface area contributed by atoms with Crippen molar-refractivity contribution in [1.82, 2.24) is 0 Å². The first-order valence-corrected chi connectivity index (χ1v) is 5.98. The van der Waals surface area contributed by atoms with Gasteiger partial charge in [0.25, 0.3) is 0 Å². The average molecular weight is 299 g/mol. The largest absolute Gasteiger partial charge is 0.465 e. The Morgan fingerprint density at radius 1 is 1.29 bits per heavy atom. The standard InChI is InChI=1S/C14H12F3NO3/c1-7-10(14(19)20-2)5-9(21-7)6-18-12-4-8(15)3-11(16)13(12)17/h3-5,18H,6H2,1-2H3. The van der Waals surface area contributed by atoms with Gasteiger partial charge in [-0.25, -0.2) is 18.0 Å². The van der Waals surface area contributed by atoms with E-state index < -0.39 is 23.4 Å². The van der Waals surface area contributed by atoms with Crippen molar-refractivity contribution in [2.45, 2.75) is 13.5 Å². The minimum Gasteiger partial charge on any atom is -0.465 e. The normalized spacial score (nSPS) is 10.5. The summed E-state index contributed by atoms with van der Waals surface area (Å²) in [5.74, 6) is -3.30. The van der Waals surface area contributed by atoms with Crippen molar-refractivity contribution in [1.29, 1.82) is 0 Å². The van der Waals surface area contributed by atoms with E-state index in [1.54, 1.807) is 6.92 Å². The van der Waals surface area contributed by atoms with Gasteiger partial charge >= 0.3 is 5.97 Å². The van der Waals surface area contributed by atoms with E-state index in [2.05, 4.69) is 10.1 Å². The zero-order valence-corrected chi connectivity index (χ0v) is 11.3. The van der Waals surface area contributed by atoms with Gasteiger partial charge in [0.1, 0.15) is 22.9 Å². The Hall–Kier alpha value is -2.44. The average Bonchev–Trinajstić information content (AvgIpc) is 2.81. The molecule has 1 aromatic carbocycles. The second-order valence-electron chi connectivity index (χ2n) is 4.28. The van der Waals surface area contributed by atoms with Crippen molar-refractivity contribution < 1.29 is 27.1 Å². The monoisotopic (exact) mass is 299 g/mol.